The van der Waals surface area contributed by atoms with E-state index in [1.807, 2.05) is 13.8 Å². The maximum atomic E-state index is 12.3. The zero-order chi connectivity index (χ0) is 10.4. The fraction of sp³-hybridized carbons (Fsp3) is 1.00. The summed E-state index contributed by atoms with van der Waals surface area (Å²) >= 11 is 0. The van der Waals surface area contributed by atoms with Crippen LogP contribution in [0.2, 0.25) is 0 Å². The van der Waals surface area contributed by atoms with Crippen LogP contribution in [0.1, 0.15) is 46.0 Å². The lowest BCUT2D eigenvalue weighted by Crippen LogP contribution is -2.16. The largest absolute Gasteiger partial charge is 0.333 e. The monoisotopic (exact) mass is 220 g/mol. The summed E-state index contributed by atoms with van der Waals surface area (Å²) in [6.45, 7) is 4.70. The Bertz CT molecular complexity index is 190. The SMILES string of the molecule is CCOP(=O)(OCC)C1CCCCC1. The first kappa shape index (κ1) is 12.2. The molecule has 1 aliphatic carbocycles. The van der Waals surface area contributed by atoms with Gasteiger partial charge in [-0.2, -0.15) is 0 Å². The highest BCUT2D eigenvalue weighted by Crippen LogP contribution is 2.57. The van der Waals surface area contributed by atoms with E-state index in [0.29, 0.717) is 13.2 Å². The Balaban J connectivity index is 2.59. The molecule has 0 heterocycles. The van der Waals surface area contributed by atoms with E-state index >= 15 is 0 Å². The van der Waals surface area contributed by atoms with Crippen LogP contribution in [0.3, 0.4) is 0 Å². The molecule has 0 aliphatic heterocycles. The van der Waals surface area contributed by atoms with Gasteiger partial charge in [0.15, 0.2) is 0 Å². The van der Waals surface area contributed by atoms with E-state index in [0.717, 1.165) is 25.7 Å². The Morgan fingerprint density at radius 3 is 2.00 bits per heavy atom. The summed E-state index contributed by atoms with van der Waals surface area (Å²) in [5, 5.41) is 0. The molecule has 3 nitrogen and oxygen atoms in total. The smallest absolute Gasteiger partial charge is 0.309 e. The molecule has 84 valence electrons. The predicted molar refractivity (Wildman–Crippen MR) is 57.7 cm³/mol. The summed E-state index contributed by atoms with van der Waals surface area (Å²) in [5.74, 6) is 0. The Kier molecular flexibility index (Phi) is 5.14. The lowest BCUT2D eigenvalue weighted by Gasteiger charge is -2.28. The van der Waals surface area contributed by atoms with Gasteiger partial charge in [-0.05, 0) is 26.7 Å². The Hall–Kier alpha value is 0.150. The minimum Gasteiger partial charge on any atom is -0.309 e. The van der Waals surface area contributed by atoms with Crippen LogP contribution in [0.5, 0.6) is 0 Å². The van der Waals surface area contributed by atoms with E-state index in [2.05, 4.69) is 0 Å². The van der Waals surface area contributed by atoms with Gasteiger partial charge in [0.1, 0.15) is 0 Å². The van der Waals surface area contributed by atoms with Crippen molar-refractivity contribution in [1.29, 1.82) is 0 Å². The molecule has 0 bridgehead atoms. The molecule has 0 N–H and O–H groups in total. The van der Waals surface area contributed by atoms with E-state index in [-0.39, 0.29) is 5.66 Å². The molecule has 0 radical (unpaired) electrons. The maximum Gasteiger partial charge on any atom is 0.333 e. The third-order valence-corrected chi connectivity index (χ3v) is 5.29. The molecule has 0 atom stereocenters. The fourth-order valence-corrected chi connectivity index (χ4v) is 4.22. The van der Waals surface area contributed by atoms with Crippen LogP contribution in [0.15, 0.2) is 0 Å². The standard InChI is InChI=1S/C10H21O3P/c1-3-12-14(11,13-4-2)10-8-6-5-7-9-10/h10H,3-9H2,1-2H3. The van der Waals surface area contributed by atoms with Gasteiger partial charge in [-0.25, -0.2) is 0 Å². The third-order valence-electron chi connectivity index (χ3n) is 2.64. The molecule has 0 spiro atoms. The van der Waals surface area contributed by atoms with Crippen molar-refractivity contribution in [2.75, 3.05) is 13.2 Å². The van der Waals surface area contributed by atoms with Gasteiger partial charge in [0, 0.05) is 0 Å². The van der Waals surface area contributed by atoms with E-state index in [1.54, 1.807) is 0 Å². The van der Waals surface area contributed by atoms with Crippen molar-refractivity contribution in [1.82, 2.24) is 0 Å². The Labute approximate surface area is 86.7 Å². The van der Waals surface area contributed by atoms with Crippen LogP contribution >= 0.6 is 7.60 Å². The summed E-state index contributed by atoms with van der Waals surface area (Å²) in [4.78, 5) is 0. The zero-order valence-corrected chi connectivity index (χ0v) is 10.1. The minimum atomic E-state index is -2.79. The van der Waals surface area contributed by atoms with Crippen LogP contribution in [0, 0.1) is 0 Å². The molecular weight excluding hydrogens is 199 g/mol. The van der Waals surface area contributed by atoms with Crippen LogP contribution in [0.4, 0.5) is 0 Å². The van der Waals surface area contributed by atoms with Crippen LogP contribution in [-0.2, 0) is 13.6 Å². The first-order valence-corrected chi connectivity index (χ1v) is 7.23. The molecular formula is C10H21O3P. The van der Waals surface area contributed by atoms with Gasteiger partial charge >= 0.3 is 7.60 Å². The highest BCUT2D eigenvalue weighted by atomic mass is 31.2. The molecule has 1 aliphatic rings. The molecule has 0 aromatic heterocycles. The normalized spacial score (nSPS) is 19.9. The molecule has 0 aromatic rings. The zero-order valence-electron chi connectivity index (χ0n) is 9.20. The molecule has 14 heavy (non-hydrogen) atoms. The minimum absolute atomic E-state index is 0.149. The lowest BCUT2D eigenvalue weighted by molar-refractivity contribution is 0.205. The average Bonchev–Trinajstić information content (AvgIpc) is 2.20. The second-order valence-corrected chi connectivity index (χ2v) is 5.99. The molecule has 0 aromatic carbocycles. The summed E-state index contributed by atoms with van der Waals surface area (Å²) < 4.78 is 23.0. The molecule has 4 heteroatoms. The first-order valence-electron chi connectivity index (χ1n) is 5.61. The molecule has 1 fully saturated rings. The number of hydrogen-bond donors (Lipinski definition) is 0. The van der Waals surface area contributed by atoms with Crippen molar-refractivity contribution in [2.24, 2.45) is 0 Å². The second kappa shape index (κ2) is 5.89. The van der Waals surface area contributed by atoms with Gasteiger partial charge < -0.3 is 9.05 Å². The second-order valence-electron chi connectivity index (χ2n) is 3.67. The Morgan fingerprint density at radius 2 is 1.57 bits per heavy atom. The summed E-state index contributed by atoms with van der Waals surface area (Å²) in [7, 11) is -2.79. The van der Waals surface area contributed by atoms with Gasteiger partial charge in [-0.1, -0.05) is 19.3 Å². The van der Waals surface area contributed by atoms with Crippen LogP contribution in [0.25, 0.3) is 0 Å². The van der Waals surface area contributed by atoms with E-state index in [9.17, 15) is 4.57 Å². The van der Waals surface area contributed by atoms with Gasteiger partial charge in [-0.3, -0.25) is 4.57 Å². The van der Waals surface area contributed by atoms with Crippen molar-refractivity contribution in [3.63, 3.8) is 0 Å². The van der Waals surface area contributed by atoms with E-state index in [4.69, 9.17) is 9.05 Å². The van der Waals surface area contributed by atoms with Crippen molar-refractivity contribution >= 4 is 7.60 Å². The predicted octanol–water partition coefficient (Wildman–Crippen LogP) is 3.59. The van der Waals surface area contributed by atoms with Gasteiger partial charge in [0.2, 0.25) is 0 Å². The van der Waals surface area contributed by atoms with Crippen molar-refractivity contribution < 1.29 is 13.6 Å². The molecule has 1 rings (SSSR count). The van der Waals surface area contributed by atoms with E-state index < -0.39 is 7.60 Å². The van der Waals surface area contributed by atoms with Gasteiger partial charge in [-0.15, -0.1) is 0 Å². The maximum absolute atomic E-state index is 12.3. The summed E-state index contributed by atoms with van der Waals surface area (Å²) in [5.41, 5.74) is 0.149. The topological polar surface area (TPSA) is 35.5 Å². The molecule has 0 unspecified atom stereocenters. The summed E-state index contributed by atoms with van der Waals surface area (Å²) in [6.07, 6.45) is 5.58. The van der Waals surface area contributed by atoms with Crippen LogP contribution in [-0.4, -0.2) is 18.9 Å². The molecule has 1 saturated carbocycles. The average molecular weight is 220 g/mol. The van der Waals surface area contributed by atoms with Gasteiger partial charge in [0.25, 0.3) is 0 Å². The first-order chi connectivity index (χ1) is 6.73. The number of hydrogen-bond acceptors (Lipinski definition) is 3. The third kappa shape index (κ3) is 3.08. The van der Waals surface area contributed by atoms with Crippen molar-refractivity contribution in [2.45, 2.75) is 51.6 Å². The quantitative estimate of drug-likeness (QED) is 0.664. The van der Waals surface area contributed by atoms with Gasteiger partial charge in [0.05, 0.1) is 18.9 Å². The molecule has 0 amide bonds. The van der Waals surface area contributed by atoms with Crippen LogP contribution < -0.4 is 0 Å². The molecule has 0 saturated heterocycles. The highest BCUT2D eigenvalue weighted by molar-refractivity contribution is 7.54. The lowest BCUT2D eigenvalue weighted by atomic mass is 10.0. The highest BCUT2D eigenvalue weighted by Gasteiger charge is 2.35. The Morgan fingerprint density at radius 1 is 1.07 bits per heavy atom. The van der Waals surface area contributed by atoms with Crippen molar-refractivity contribution in [3.8, 4) is 0 Å². The van der Waals surface area contributed by atoms with Crippen molar-refractivity contribution in [3.05, 3.63) is 0 Å². The summed E-state index contributed by atoms with van der Waals surface area (Å²) in [6, 6.07) is 0. The fourth-order valence-electron chi connectivity index (χ4n) is 2.01. The number of rotatable bonds is 5. The van der Waals surface area contributed by atoms with E-state index in [1.165, 1.54) is 6.42 Å².